The second-order valence-corrected chi connectivity index (χ2v) is 5.71. The lowest BCUT2D eigenvalue weighted by molar-refractivity contribution is 0.0935. The van der Waals surface area contributed by atoms with Crippen molar-refractivity contribution in [2.45, 2.75) is 25.8 Å². The third kappa shape index (κ3) is 3.16. The quantitative estimate of drug-likeness (QED) is 0.878. The number of nitrogens with one attached hydrogen (secondary N) is 2. The molecule has 98 valence electrons. The maximum atomic E-state index is 12.2. The number of aryl methyl sites for hydroxylation is 1. The molecular formula is C13H19N3OS. The molecule has 1 aliphatic rings. The number of carbonyl (C=O) groups excluding carboxylic acids is 1. The molecule has 2 N–H and O–H groups in total. The zero-order chi connectivity index (χ0) is 13.0. The molecule has 0 saturated carbocycles. The predicted molar refractivity (Wildman–Crippen MR) is 76.3 cm³/mol. The van der Waals surface area contributed by atoms with Crippen molar-refractivity contribution >= 4 is 23.4 Å². The first-order valence-electron chi connectivity index (χ1n) is 6.23. The smallest absolute Gasteiger partial charge is 0.255 e. The summed E-state index contributed by atoms with van der Waals surface area (Å²) in [5, 5.41) is 6.15. The molecule has 18 heavy (non-hydrogen) atoms. The first kappa shape index (κ1) is 13.2. The van der Waals surface area contributed by atoms with Gasteiger partial charge >= 0.3 is 0 Å². The van der Waals surface area contributed by atoms with E-state index in [2.05, 4.69) is 15.6 Å². The Morgan fingerprint density at radius 3 is 2.83 bits per heavy atom. The van der Waals surface area contributed by atoms with Crippen LogP contribution < -0.4 is 10.6 Å². The molecule has 0 radical (unpaired) electrons. The lowest BCUT2D eigenvalue weighted by Crippen LogP contribution is -2.37. The highest BCUT2D eigenvalue weighted by atomic mass is 32.2. The van der Waals surface area contributed by atoms with E-state index in [0.717, 1.165) is 35.7 Å². The Morgan fingerprint density at radius 2 is 2.17 bits per heavy atom. The highest BCUT2D eigenvalue weighted by Crippen LogP contribution is 2.19. The number of aromatic nitrogens is 1. The molecule has 0 bridgehead atoms. The molecule has 0 spiro atoms. The van der Waals surface area contributed by atoms with Gasteiger partial charge in [-0.1, -0.05) is 0 Å². The van der Waals surface area contributed by atoms with Gasteiger partial charge in [0.2, 0.25) is 0 Å². The van der Waals surface area contributed by atoms with E-state index >= 15 is 0 Å². The number of carbonyl (C=O) groups is 1. The molecule has 1 aromatic rings. The molecule has 0 unspecified atom stereocenters. The van der Waals surface area contributed by atoms with E-state index in [9.17, 15) is 4.79 Å². The third-order valence-corrected chi connectivity index (χ3v) is 4.16. The maximum absolute atomic E-state index is 12.2. The van der Waals surface area contributed by atoms with E-state index < -0.39 is 0 Å². The van der Waals surface area contributed by atoms with Gasteiger partial charge in [-0.3, -0.25) is 9.78 Å². The second-order valence-electron chi connectivity index (χ2n) is 4.48. The second kappa shape index (κ2) is 6.09. The molecule has 4 nitrogen and oxygen atoms in total. The summed E-state index contributed by atoms with van der Waals surface area (Å²) in [6.45, 7) is 1.92. The van der Waals surface area contributed by atoms with Crippen LogP contribution in [0.1, 0.15) is 28.9 Å². The summed E-state index contributed by atoms with van der Waals surface area (Å²) in [5.74, 6) is 2.25. The van der Waals surface area contributed by atoms with E-state index in [0.29, 0.717) is 11.6 Å². The molecule has 1 fully saturated rings. The summed E-state index contributed by atoms with van der Waals surface area (Å²) >= 11 is 1.96. The largest absolute Gasteiger partial charge is 0.387 e. The van der Waals surface area contributed by atoms with E-state index in [1.54, 1.807) is 6.20 Å². The van der Waals surface area contributed by atoms with Crippen molar-refractivity contribution in [1.29, 1.82) is 0 Å². The van der Waals surface area contributed by atoms with Gasteiger partial charge in [0, 0.05) is 25.0 Å². The first-order valence-corrected chi connectivity index (χ1v) is 7.39. The van der Waals surface area contributed by atoms with Gasteiger partial charge in [-0.2, -0.15) is 11.8 Å². The van der Waals surface area contributed by atoms with Gasteiger partial charge in [-0.25, -0.2) is 0 Å². The molecule has 1 saturated heterocycles. The minimum Gasteiger partial charge on any atom is -0.387 e. The topological polar surface area (TPSA) is 54.0 Å². The first-order chi connectivity index (χ1) is 8.70. The number of hydrogen-bond donors (Lipinski definition) is 2. The van der Waals surface area contributed by atoms with Crippen molar-refractivity contribution < 1.29 is 4.79 Å². The third-order valence-electron chi connectivity index (χ3n) is 3.11. The van der Waals surface area contributed by atoms with Crippen LogP contribution >= 0.6 is 11.8 Å². The molecule has 2 heterocycles. The normalized spacial score (nSPS) is 16.3. The molecule has 1 aromatic heterocycles. The summed E-state index contributed by atoms with van der Waals surface area (Å²) in [7, 11) is 1.82. The monoisotopic (exact) mass is 265 g/mol. The van der Waals surface area contributed by atoms with E-state index in [1.165, 1.54) is 0 Å². The summed E-state index contributed by atoms with van der Waals surface area (Å²) in [6.07, 6.45) is 3.77. The zero-order valence-corrected chi connectivity index (χ0v) is 11.6. The maximum Gasteiger partial charge on any atom is 0.255 e. The van der Waals surface area contributed by atoms with Gasteiger partial charge in [-0.15, -0.1) is 0 Å². The number of nitrogens with zero attached hydrogens (tertiary/aromatic N) is 1. The standard InChI is InChI=1S/C13H19N3OS/c1-9-7-12(14-2)11(8-15-9)13(17)16-10-3-5-18-6-4-10/h7-8,10H,3-6H2,1-2H3,(H,14,15)(H,16,17). The molecule has 5 heteroatoms. The van der Waals surface area contributed by atoms with Crippen LogP contribution in [0.4, 0.5) is 5.69 Å². The van der Waals surface area contributed by atoms with Crippen LogP contribution in [0, 0.1) is 6.92 Å². The number of pyridine rings is 1. The molecule has 0 atom stereocenters. The number of rotatable bonds is 3. The van der Waals surface area contributed by atoms with Gasteiger partial charge in [-0.05, 0) is 37.3 Å². The van der Waals surface area contributed by atoms with Crippen molar-refractivity contribution in [2.24, 2.45) is 0 Å². The number of thioether (sulfide) groups is 1. The Kier molecular flexibility index (Phi) is 4.47. The van der Waals surface area contributed by atoms with Gasteiger partial charge in [0.25, 0.3) is 5.91 Å². The highest BCUT2D eigenvalue weighted by Gasteiger charge is 2.18. The number of anilines is 1. The average Bonchev–Trinajstić information content (AvgIpc) is 2.39. The van der Waals surface area contributed by atoms with Crippen molar-refractivity contribution in [1.82, 2.24) is 10.3 Å². The summed E-state index contributed by atoms with van der Waals surface area (Å²) in [4.78, 5) is 16.4. The fourth-order valence-electron chi connectivity index (χ4n) is 2.05. The van der Waals surface area contributed by atoms with E-state index in [4.69, 9.17) is 0 Å². The Hall–Kier alpha value is -1.23. The minimum atomic E-state index is -0.0243. The van der Waals surface area contributed by atoms with Crippen LogP contribution in [-0.4, -0.2) is 35.5 Å². The summed E-state index contributed by atoms with van der Waals surface area (Å²) in [5.41, 5.74) is 2.37. The van der Waals surface area contributed by atoms with Crippen LogP contribution in [-0.2, 0) is 0 Å². The Labute approximate surface area is 112 Å². The molecule has 0 aromatic carbocycles. The SMILES string of the molecule is CNc1cc(C)ncc1C(=O)NC1CCSCC1. The van der Waals surface area contributed by atoms with E-state index in [-0.39, 0.29) is 5.91 Å². The molecule has 2 rings (SSSR count). The van der Waals surface area contributed by atoms with Crippen molar-refractivity contribution in [3.63, 3.8) is 0 Å². The van der Waals surface area contributed by atoms with Crippen LogP contribution in [0.5, 0.6) is 0 Å². The Bertz CT molecular complexity index is 430. The van der Waals surface area contributed by atoms with Gasteiger partial charge in [0.15, 0.2) is 0 Å². The van der Waals surface area contributed by atoms with Crippen LogP contribution in [0.15, 0.2) is 12.3 Å². The van der Waals surface area contributed by atoms with Crippen LogP contribution in [0.3, 0.4) is 0 Å². The molecule has 0 aliphatic carbocycles. The fraction of sp³-hybridized carbons (Fsp3) is 0.538. The number of amides is 1. The lowest BCUT2D eigenvalue weighted by Gasteiger charge is -2.23. The fourth-order valence-corrected chi connectivity index (χ4v) is 3.16. The minimum absolute atomic E-state index is 0.0243. The van der Waals surface area contributed by atoms with Gasteiger partial charge in [0.05, 0.1) is 11.3 Å². The average molecular weight is 265 g/mol. The highest BCUT2D eigenvalue weighted by molar-refractivity contribution is 7.99. The lowest BCUT2D eigenvalue weighted by atomic mass is 10.1. The van der Waals surface area contributed by atoms with E-state index in [1.807, 2.05) is 31.8 Å². The van der Waals surface area contributed by atoms with Crippen molar-refractivity contribution in [3.8, 4) is 0 Å². The Balaban J connectivity index is 2.08. The van der Waals surface area contributed by atoms with Crippen molar-refractivity contribution in [3.05, 3.63) is 23.5 Å². The van der Waals surface area contributed by atoms with Crippen molar-refractivity contribution in [2.75, 3.05) is 23.9 Å². The van der Waals surface area contributed by atoms with Crippen LogP contribution in [0.2, 0.25) is 0 Å². The molecule has 1 amide bonds. The summed E-state index contributed by atoms with van der Waals surface area (Å²) < 4.78 is 0. The zero-order valence-electron chi connectivity index (χ0n) is 10.8. The Morgan fingerprint density at radius 1 is 1.44 bits per heavy atom. The van der Waals surface area contributed by atoms with Gasteiger partial charge < -0.3 is 10.6 Å². The molecule has 1 aliphatic heterocycles. The number of hydrogen-bond acceptors (Lipinski definition) is 4. The van der Waals surface area contributed by atoms with Crippen LogP contribution in [0.25, 0.3) is 0 Å². The predicted octanol–water partition coefficient (Wildman–Crippen LogP) is 2.06. The van der Waals surface area contributed by atoms with Gasteiger partial charge in [0.1, 0.15) is 0 Å². The summed E-state index contributed by atoms with van der Waals surface area (Å²) in [6, 6.07) is 2.20. The molecular weight excluding hydrogens is 246 g/mol.